The van der Waals surface area contributed by atoms with Gasteiger partial charge >= 0.3 is 0 Å². The van der Waals surface area contributed by atoms with Crippen LogP contribution in [-0.2, 0) is 0 Å². The summed E-state index contributed by atoms with van der Waals surface area (Å²) in [4.78, 5) is 2.13. The van der Waals surface area contributed by atoms with Crippen molar-refractivity contribution in [3.63, 3.8) is 0 Å². The zero-order valence-electron chi connectivity index (χ0n) is 10.1. The van der Waals surface area contributed by atoms with Gasteiger partial charge in [0.25, 0.3) is 0 Å². The minimum absolute atomic E-state index is 0.0330. The molecule has 0 bridgehead atoms. The zero-order chi connectivity index (χ0) is 12.5. The van der Waals surface area contributed by atoms with Crippen LogP contribution in [0.5, 0.6) is 0 Å². The molecule has 0 fully saturated rings. The van der Waals surface area contributed by atoms with Crippen LogP contribution in [0.15, 0.2) is 12.1 Å². The molecular formula is C12H18Cl2N2. The first kappa shape index (κ1) is 13.5. The molecule has 0 aromatic heterocycles. The Morgan fingerprint density at radius 3 is 2.25 bits per heavy atom. The summed E-state index contributed by atoms with van der Waals surface area (Å²) in [6, 6.07) is 3.51. The average Bonchev–Trinajstić information content (AvgIpc) is 2.22. The van der Waals surface area contributed by atoms with Gasteiger partial charge in [-0.2, -0.15) is 0 Å². The fraction of sp³-hybridized carbons (Fsp3) is 0.500. The van der Waals surface area contributed by atoms with Crippen molar-refractivity contribution in [2.75, 3.05) is 17.7 Å². The summed E-state index contributed by atoms with van der Waals surface area (Å²) in [5.74, 6) is 0. The summed E-state index contributed by atoms with van der Waals surface area (Å²) in [5, 5.41) is 1.02. The van der Waals surface area contributed by atoms with Crippen molar-refractivity contribution in [1.29, 1.82) is 0 Å². The van der Waals surface area contributed by atoms with Gasteiger partial charge in [-0.1, -0.05) is 30.1 Å². The highest BCUT2D eigenvalue weighted by atomic mass is 35.5. The van der Waals surface area contributed by atoms with Gasteiger partial charge in [0.15, 0.2) is 0 Å². The molecule has 90 valence electrons. The Morgan fingerprint density at radius 1 is 1.25 bits per heavy atom. The molecule has 16 heavy (non-hydrogen) atoms. The van der Waals surface area contributed by atoms with Crippen LogP contribution in [0.1, 0.15) is 27.2 Å². The molecule has 0 unspecified atom stereocenters. The van der Waals surface area contributed by atoms with Gasteiger partial charge in [0.1, 0.15) is 0 Å². The molecule has 0 spiro atoms. The average molecular weight is 261 g/mol. The molecular weight excluding hydrogens is 243 g/mol. The van der Waals surface area contributed by atoms with Crippen LogP contribution in [-0.4, -0.2) is 12.6 Å². The molecule has 0 aliphatic carbocycles. The van der Waals surface area contributed by atoms with Gasteiger partial charge in [0.2, 0.25) is 0 Å². The van der Waals surface area contributed by atoms with E-state index < -0.39 is 0 Å². The fourth-order valence-corrected chi connectivity index (χ4v) is 1.74. The Balaban J connectivity index is 3.19. The quantitative estimate of drug-likeness (QED) is 0.826. The summed E-state index contributed by atoms with van der Waals surface area (Å²) < 4.78 is 0. The molecule has 0 saturated carbocycles. The molecule has 0 radical (unpaired) electrons. The predicted octanol–water partition coefficient (Wildman–Crippen LogP) is 4.20. The van der Waals surface area contributed by atoms with Gasteiger partial charge in [0, 0.05) is 12.6 Å². The molecule has 1 aromatic carbocycles. The van der Waals surface area contributed by atoms with Crippen molar-refractivity contribution in [3.8, 4) is 0 Å². The Morgan fingerprint density at radius 2 is 1.75 bits per heavy atom. The Bertz CT molecular complexity index is 389. The smallest absolute Gasteiger partial charge is 0.0617 e. The number of anilines is 2. The second-order valence-corrected chi connectivity index (χ2v) is 5.36. The SMILES string of the molecule is CCC(C)(C)N(C)c1cc(Cl)c(Cl)cc1N. The van der Waals surface area contributed by atoms with E-state index in [1.165, 1.54) is 0 Å². The molecule has 0 amide bonds. The maximum Gasteiger partial charge on any atom is 0.0617 e. The third-order valence-electron chi connectivity index (χ3n) is 3.20. The molecule has 0 aliphatic heterocycles. The number of hydrogen-bond acceptors (Lipinski definition) is 2. The normalized spacial score (nSPS) is 11.6. The predicted molar refractivity (Wildman–Crippen MR) is 73.6 cm³/mol. The second-order valence-electron chi connectivity index (χ2n) is 4.55. The highest BCUT2D eigenvalue weighted by molar-refractivity contribution is 6.42. The van der Waals surface area contributed by atoms with E-state index in [2.05, 4.69) is 25.7 Å². The number of halogens is 2. The molecule has 1 rings (SSSR count). The highest BCUT2D eigenvalue weighted by Crippen LogP contribution is 2.35. The third kappa shape index (κ3) is 2.55. The number of rotatable bonds is 3. The van der Waals surface area contributed by atoms with E-state index in [0.717, 1.165) is 12.1 Å². The van der Waals surface area contributed by atoms with Crippen LogP contribution >= 0.6 is 23.2 Å². The van der Waals surface area contributed by atoms with E-state index in [1.54, 1.807) is 6.07 Å². The van der Waals surface area contributed by atoms with Gasteiger partial charge in [-0.3, -0.25) is 0 Å². The van der Waals surface area contributed by atoms with E-state index in [4.69, 9.17) is 28.9 Å². The molecule has 4 heteroatoms. The first-order valence-corrected chi connectivity index (χ1v) is 6.03. The largest absolute Gasteiger partial charge is 0.397 e. The van der Waals surface area contributed by atoms with Gasteiger partial charge in [-0.15, -0.1) is 0 Å². The van der Waals surface area contributed by atoms with Crippen molar-refractivity contribution >= 4 is 34.6 Å². The lowest BCUT2D eigenvalue weighted by Gasteiger charge is -2.37. The highest BCUT2D eigenvalue weighted by Gasteiger charge is 2.23. The van der Waals surface area contributed by atoms with E-state index in [0.29, 0.717) is 15.7 Å². The standard InChI is InChI=1S/C12H18Cl2N2/c1-5-12(2,3)16(4)11-7-9(14)8(13)6-10(11)15/h6-7H,5,15H2,1-4H3. The summed E-state index contributed by atoms with van der Waals surface area (Å²) in [5.41, 5.74) is 7.56. The topological polar surface area (TPSA) is 29.3 Å². The molecule has 2 nitrogen and oxygen atoms in total. The lowest BCUT2D eigenvalue weighted by atomic mass is 9.99. The van der Waals surface area contributed by atoms with Gasteiger partial charge < -0.3 is 10.6 Å². The van der Waals surface area contributed by atoms with E-state index in [1.807, 2.05) is 13.1 Å². The van der Waals surface area contributed by atoms with Crippen molar-refractivity contribution < 1.29 is 0 Å². The van der Waals surface area contributed by atoms with Gasteiger partial charge in [-0.25, -0.2) is 0 Å². The number of nitrogen functional groups attached to an aromatic ring is 1. The summed E-state index contributed by atoms with van der Waals surface area (Å²) in [7, 11) is 2.01. The molecule has 0 aliphatic rings. The Hall–Kier alpha value is -0.600. The zero-order valence-corrected chi connectivity index (χ0v) is 11.7. The molecule has 0 atom stereocenters. The van der Waals surface area contributed by atoms with Crippen LogP contribution in [0.4, 0.5) is 11.4 Å². The molecule has 2 N–H and O–H groups in total. The maximum absolute atomic E-state index is 6.01. The number of benzene rings is 1. The van der Waals surface area contributed by atoms with Crippen LogP contribution < -0.4 is 10.6 Å². The van der Waals surface area contributed by atoms with Crippen LogP contribution in [0.3, 0.4) is 0 Å². The van der Waals surface area contributed by atoms with Crippen molar-refractivity contribution in [3.05, 3.63) is 22.2 Å². The van der Waals surface area contributed by atoms with Crippen LogP contribution in [0.2, 0.25) is 10.0 Å². The number of nitrogens with zero attached hydrogens (tertiary/aromatic N) is 1. The van der Waals surface area contributed by atoms with Crippen molar-refractivity contribution in [2.24, 2.45) is 0 Å². The summed E-state index contributed by atoms with van der Waals surface area (Å²) in [6.07, 6.45) is 1.02. The lowest BCUT2D eigenvalue weighted by Crippen LogP contribution is -2.40. The Kier molecular flexibility index (Phi) is 3.97. The third-order valence-corrected chi connectivity index (χ3v) is 3.93. The second kappa shape index (κ2) is 4.72. The molecule has 1 aromatic rings. The minimum atomic E-state index is 0.0330. The van der Waals surface area contributed by atoms with Crippen LogP contribution in [0, 0.1) is 0 Å². The fourth-order valence-electron chi connectivity index (χ4n) is 1.41. The number of hydrogen-bond donors (Lipinski definition) is 1. The molecule has 0 heterocycles. The van der Waals surface area contributed by atoms with Gasteiger partial charge in [-0.05, 0) is 32.4 Å². The first-order chi connectivity index (χ1) is 7.29. The van der Waals surface area contributed by atoms with Crippen LogP contribution in [0.25, 0.3) is 0 Å². The van der Waals surface area contributed by atoms with Crippen molar-refractivity contribution in [2.45, 2.75) is 32.7 Å². The van der Waals surface area contributed by atoms with E-state index in [9.17, 15) is 0 Å². The number of nitrogens with two attached hydrogens (primary N) is 1. The maximum atomic E-state index is 6.01. The van der Waals surface area contributed by atoms with E-state index in [-0.39, 0.29) is 5.54 Å². The molecule has 0 saturated heterocycles. The first-order valence-electron chi connectivity index (χ1n) is 5.28. The Labute approximate surface area is 107 Å². The monoisotopic (exact) mass is 260 g/mol. The minimum Gasteiger partial charge on any atom is -0.397 e. The van der Waals surface area contributed by atoms with Crippen molar-refractivity contribution in [1.82, 2.24) is 0 Å². The lowest BCUT2D eigenvalue weighted by molar-refractivity contribution is 0.471. The summed E-state index contributed by atoms with van der Waals surface area (Å²) >= 11 is 11.9. The van der Waals surface area contributed by atoms with Gasteiger partial charge in [0.05, 0.1) is 21.4 Å². The van der Waals surface area contributed by atoms with E-state index >= 15 is 0 Å². The summed E-state index contributed by atoms with van der Waals surface area (Å²) in [6.45, 7) is 6.47.